The molecule has 0 unspecified atom stereocenters. The molecule has 0 amide bonds. The van der Waals surface area contributed by atoms with E-state index in [-0.39, 0.29) is 12.0 Å². The van der Waals surface area contributed by atoms with Crippen LogP contribution in [0.3, 0.4) is 0 Å². The molecule has 0 bridgehead atoms. The van der Waals surface area contributed by atoms with Crippen LogP contribution in [-0.4, -0.2) is 26.2 Å². The van der Waals surface area contributed by atoms with Crippen molar-refractivity contribution < 1.29 is 14.3 Å². The Morgan fingerprint density at radius 1 is 1.41 bits per heavy atom. The van der Waals surface area contributed by atoms with Crippen molar-refractivity contribution in [2.75, 3.05) is 14.2 Å². The van der Waals surface area contributed by atoms with Gasteiger partial charge >= 0.3 is 5.97 Å². The van der Waals surface area contributed by atoms with Crippen molar-refractivity contribution >= 4 is 5.97 Å². The Kier molecular flexibility index (Phi) is 4.97. The largest absolute Gasteiger partial charge is 0.496 e. The van der Waals surface area contributed by atoms with Crippen LogP contribution in [0.1, 0.15) is 18.1 Å². The molecule has 17 heavy (non-hydrogen) atoms. The van der Waals surface area contributed by atoms with Gasteiger partial charge < -0.3 is 14.8 Å². The summed E-state index contributed by atoms with van der Waals surface area (Å²) in [4.78, 5) is 11.2. The lowest BCUT2D eigenvalue weighted by atomic mass is 10.1. The number of methoxy groups -OCH3 is 2. The number of esters is 1. The SMILES string of the molecule is COC(=O)[C@H](C)NCc1ccc(OC)c(C)c1. The van der Waals surface area contributed by atoms with Crippen molar-refractivity contribution in [1.82, 2.24) is 5.32 Å². The third-order valence-corrected chi connectivity index (χ3v) is 2.63. The molecular weight excluding hydrogens is 218 g/mol. The molecule has 0 aliphatic rings. The van der Waals surface area contributed by atoms with E-state index >= 15 is 0 Å². The average molecular weight is 237 g/mol. The van der Waals surface area contributed by atoms with Crippen LogP contribution in [0.2, 0.25) is 0 Å². The van der Waals surface area contributed by atoms with Crippen molar-refractivity contribution in [3.63, 3.8) is 0 Å². The minimum atomic E-state index is -0.303. The molecule has 4 nitrogen and oxygen atoms in total. The number of hydrogen-bond acceptors (Lipinski definition) is 4. The van der Waals surface area contributed by atoms with E-state index in [1.54, 1.807) is 14.0 Å². The minimum absolute atomic E-state index is 0.254. The van der Waals surface area contributed by atoms with Gasteiger partial charge in [-0.3, -0.25) is 4.79 Å². The van der Waals surface area contributed by atoms with Crippen LogP contribution in [0.25, 0.3) is 0 Å². The van der Waals surface area contributed by atoms with Gasteiger partial charge in [0.15, 0.2) is 0 Å². The fourth-order valence-corrected chi connectivity index (χ4v) is 1.58. The molecule has 0 fully saturated rings. The number of rotatable bonds is 5. The maximum absolute atomic E-state index is 11.2. The highest BCUT2D eigenvalue weighted by Crippen LogP contribution is 2.18. The number of carbonyl (C=O) groups excluding carboxylic acids is 1. The maximum atomic E-state index is 11.2. The summed E-state index contributed by atoms with van der Waals surface area (Å²) in [7, 11) is 3.04. The van der Waals surface area contributed by atoms with E-state index in [0.29, 0.717) is 6.54 Å². The number of hydrogen-bond donors (Lipinski definition) is 1. The monoisotopic (exact) mass is 237 g/mol. The summed E-state index contributed by atoms with van der Waals surface area (Å²) >= 11 is 0. The first-order chi connectivity index (χ1) is 8.08. The van der Waals surface area contributed by atoms with E-state index in [4.69, 9.17) is 4.74 Å². The van der Waals surface area contributed by atoms with Crippen LogP contribution in [0.4, 0.5) is 0 Å². The zero-order chi connectivity index (χ0) is 12.8. The third-order valence-electron chi connectivity index (χ3n) is 2.63. The molecule has 0 heterocycles. The minimum Gasteiger partial charge on any atom is -0.496 e. The molecular formula is C13H19NO3. The third kappa shape index (κ3) is 3.75. The maximum Gasteiger partial charge on any atom is 0.322 e. The number of carbonyl (C=O) groups is 1. The van der Waals surface area contributed by atoms with Crippen molar-refractivity contribution in [2.24, 2.45) is 0 Å². The number of ether oxygens (including phenoxy) is 2. The van der Waals surface area contributed by atoms with E-state index in [1.165, 1.54) is 7.11 Å². The van der Waals surface area contributed by atoms with Gasteiger partial charge in [-0.1, -0.05) is 12.1 Å². The summed E-state index contributed by atoms with van der Waals surface area (Å²) in [5, 5.41) is 3.10. The van der Waals surface area contributed by atoms with Gasteiger partial charge in [-0.15, -0.1) is 0 Å². The van der Waals surface area contributed by atoms with Crippen LogP contribution in [-0.2, 0) is 16.1 Å². The van der Waals surface area contributed by atoms with Crippen LogP contribution in [0.5, 0.6) is 5.75 Å². The smallest absolute Gasteiger partial charge is 0.322 e. The van der Waals surface area contributed by atoms with Gasteiger partial charge in [-0.05, 0) is 31.0 Å². The highest BCUT2D eigenvalue weighted by Gasteiger charge is 2.11. The molecule has 1 N–H and O–H groups in total. The fraction of sp³-hybridized carbons (Fsp3) is 0.462. The Balaban J connectivity index is 2.58. The van der Waals surface area contributed by atoms with Crippen molar-refractivity contribution in [1.29, 1.82) is 0 Å². The Morgan fingerprint density at radius 2 is 2.12 bits per heavy atom. The summed E-state index contributed by atoms with van der Waals surface area (Å²) in [6.07, 6.45) is 0. The molecule has 0 spiro atoms. The second-order valence-electron chi connectivity index (χ2n) is 3.93. The van der Waals surface area contributed by atoms with Gasteiger partial charge in [0.2, 0.25) is 0 Å². The first-order valence-electron chi connectivity index (χ1n) is 5.53. The molecule has 1 aromatic carbocycles. The molecule has 0 aliphatic carbocycles. The lowest BCUT2D eigenvalue weighted by molar-refractivity contribution is -0.142. The number of nitrogens with one attached hydrogen (secondary N) is 1. The highest BCUT2D eigenvalue weighted by atomic mass is 16.5. The molecule has 0 saturated heterocycles. The fourth-order valence-electron chi connectivity index (χ4n) is 1.58. The number of benzene rings is 1. The van der Waals surface area contributed by atoms with Crippen LogP contribution < -0.4 is 10.1 Å². The molecule has 1 atom stereocenters. The molecule has 0 saturated carbocycles. The molecule has 4 heteroatoms. The molecule has 1 rings (SSSR count). The summed E-state index contributed by atoms with van der Waals surface area (Å²) < 4.78 is 9.83. The average Bonchev–Trinajstić information content (AvgIpc) is 2.35. The second kappa shape index (κ2) is 6.25. The van der Waals surface area contributed by atoms with Crippen molar-refractivity contribution in [2.45, 2.75) is 26.4 Å². The van der Waals surface area contributed by atoms with Crippen molar-refractivity contribution in [3.8, 4) is 5.75 Å². The Labute approximate surface area is 102 Å². The van der Waals surface area contributed by atoms with Gasteiger partial charge in [0.25, 0.3) is 0 Å². The lowest BCUT2D eigenvalue weighted by Gasteiger charge is -2.12. The van der Waals surface area contributed by atoms with E-state index in [0.717, 1.165) is 16.9 Å². The van der Waals surface area contributed by atoms with E-state index in [1.807, 2.05) is 25.1 Å². The summed E-state index contributed by atoms with van der Waals surface area (Å²) in [5.74, 6) is 0.616. The lowest BCUT2D eigenvalue weighted by Crippen LogP contribution is -2.34. The van der Waals surface area contributed by atoms with E-state index in [2.05, 4.69) is 10.1 Å². The second-order valence-corrected chi connectivity index (χ2v) is 3.93. The van der Waals surface area contributed by atoms with Gasteiger partial charge in [0.1, 0.15) is 11.8 Å². The van der Waals surface area contributed by atoms with Gasteiger partial charge in [0, 0.05) is 6.54 Å². The molecule has 0 radical (unpaired) electrons. The van der Waals surface area contributed by atoms with Gasteiger partial charge in [-0.25, -0.2) is 0 Å². The van der Waals surface area contributed by atoms with Crippen LogP contribution >= 0.6 is 0 Å². The predicted molar refractivity (Wildman–Crippen MR) is 66.0 cm³/mol. The van der Waals surface area contributed by atoms with E-state index in [9.17, 15) is 4.79 Å². The van der Waals surface area contributed by atoms with Gasteiger partial charge in [-0.2, -0.15) is 0 Å². The zero-order valence-corrected chi connectivity index (χ0v) is 10.7. The van der Waals surface area contributed by atoms with Crippen LogP contribution in [0.15, 0.2) is 18.2 Å². The zero-order valence-electron chi connectivity index (χ0n) is 10.7. The normalized spacial score (nSPS) is 12.0. The van der Waals surface area contributed by atoms with Gasteiger partial charge in [0.05, 0.1) is 14.2 Å². The quantitative estimate of drug-likeness (QED) is 0.791. The van der Waals surface area contributed by atoms with Crippen LogP contribution in [0, 0.1) is 6.92 Å². The van der Waals surface area contributed by atoms with Crippen molar-refractivity contribution in [3.05, 3.63) is 29.3 Å². The summed E-state index contributed by atoms with van der Waals surface area (Å²) in [5.41, 5.74) is 2.19. The Morgan fingerprint density at radius 3 is 2.65 bits per heavy atom. The summed E-state index contributed by atoms with van der Waals surface area (Å²) in [6, 6.07) is 5.63. The number of aryl methyl sites for hydroxylation is 1. The molecule has 94 valence electrons. The molecule has 0 aliphatic heterocycles. The summed E-state index contributed by atoms with van der Waals surface area (Å²) in [6.45, 7) is 4.40. The first kappa shape index (κ1) is 13.5. The Hall–Kier alpha value is -1.55. The molecule has 0 aromatic heterocycles. The first-order valence-corrected chi connectivity index (χ1v) is 5.53. The standard InChI is InChI=1S/C13H19NO3/c1-9-7-11(5-6-12(9)16-3)8-14-10(2)13(15)17-4/h5-7,10,14H,8H2,1-4H3/t10-/m0/s1. The molecule has 1 aromatic rings. The topological polar surface area (TPSA) is 47.6 Å². The Bertz CT molecular complexity index is 390. The predicted octanol–water partition coefficient (Wildman–Crippen LogP) is 1.65. The van der Waals surface area contributed by atoms with E-state index < -0.39 is 0 Å². The highest BCUT2D eigenvalue weighted by molar-refractivity contribution is 5.75.